The molecule has 0 atom stereocenters. The maximum absolute atomic E-state index is 12.1. The first-order valence-electron chi connectivity index (χ1n) is 3.03. The maximum Gasteiger partial charge on any atom is 0.254 e. The van der Waals surface area contributed by atoms with Crippen molar-refractivity contribution in [2.75, 3.05) is 6.54 Å². The van der Waals surface area contributed by atoms with Crippen molar-refractivity contribution in [1.29, 1.82) is 0 Å². The monoisotopic (exact) mass is 161 g/mol. The molecule has 0 aromatic rings. The van der Waals surface area contributed by atoms with E-state index in [1.54, 1.807) is 0 Å². The topological polar surface area (TPSA) is 29.1 Å². The molecular weight excluding hydrogens is 152 g/mol. The summed E-state index contributed by atoms with van der Waals surface area (Å²) < 4.78 is 24.2. The Bertz CT molecular complexity index is 178. The van der Waals surface area contributed by atoms with Crippen molar-refractivity contribution < 1.29 is 13.6 Å². The van der Waals surface area contributed by atoms with Crippen LogP contribution in [0.3, 0.4) is 0 Å². The molecule has 62 valence electrons. The van der Waals surface area contributed by atoms with E-state index in [1.165, 1.54) is 0 Å². The number of nitrogens with one attached hydrogen (secondary N) is 1. The molecule has 1 amide bonds. The molecule has 11 heavy (non-hydrogen) atoms. The second-order valence-electron chi connectivity index (χ2n) is 2.23. The number of carbonyl (C=O) groups is 1. The van der Waals surface area contributed by atoms with E-state index in [0.717, 1.165) is 0 Å². The normalized spacial score (nSPS) is 10.4. The van der Waals surface area contributed by atoms with Gasteiger partial charge in [0.05, 0.1) is 13.0 Å². The van der Waals surface area contributed by atoms with Crippen LogP contribution in [0.4, 0.5) is 8.78 Å². The van der Waals surface area contributed by atoms with E-state index >= 15 is 0 Å². The molecule has 0 aromatic heterocycles. The summed E-state index contributed by atoms with van der Waals surface area (Å²) in [6.45, 7) is 0.678. The van der Waals surface area contributed by atoms with Crippen LogP contribution in [0.5, 0.6) is 0 Å². The highest BCUT2D eigenvalue weighted by Gasteiger charge is 2.24. The van der Waals surface area contributed by atoms with Gasteiger partial charge >= 0.3 is 0 Å². The van der Waals surface area contributed by atoms with Gasteiger partial charge in [-0.1, -0.05) is 5.92 Å². The quantitative estimate of drug-likeness (QED) is 0.609. The lowest BCUT2D eigenvalue weighted by Crippen LogP contribution is -2.29. The highest BCUT2D eigenvalue weighted by molar-refractivity contribution is 5.76. The SMILES string of the molecule is C#CCNC(=O)CC(C)(F)F. The van der Waals surface area contributed by atoms with Gasteiger partial charge in [-0.2, -0.15) is 0 Å². The van der Waals surface area contributed by atoms with Gasteiger partial charge in [0.25, 0.3) is 5.92 Å². The van der Waals surface area contributed by atoms with Crippen molar-refractivity contribution in [2.24, 2.45) is 0 Å². The van der Waals surface area contributed by atoms with Crippen molar-refractivity contribution in [3.63, 3.8) is 0 Å². The second-order valence-corrected chi connectivity index (χ2v) is 2.23. The first-order chi connectivity index (χ1) is 4.95. The van der Waals surface area contributed by atoms with E-state index in [4.69, 9.17) is 6.42 Å². The summed E-state index contributed by atoms with van der Waals surface area (Å²) in [5.41, 5.74) is 0. The van der Waals surface area contributed by atoms with E-state index in [2.05, 4.69) is 11.2 Å². The van der Waals surface area contributed by atoms with Crippen molar-refractivity contribution >= 4 is 5.91 Å². The Labute approximate surface area is 64.0 Å². The molecule has 2 nitrogen and oxygen atoms in total. The Morgan fingerprint density at radius 2 is 2.27 bits per heavy atom. The summed E-state index contributed by atoms with van der Waals surface area (Å²) in [4.78, 5) is 10.5. The van der Waals surface area contributed by atoms with Crippen LogP contribution in [-0.4, -0.2) is 18.4 Å². The van der Waals surface area contributed by atoms with Gasteiger partial charge in [-0.05, 0) is 6.92 Å². The lowest BCUT2D eigenvalue weighted by atomic mass is 10.2. The van der Waals surface area contributed by atoms with Crippen LogP contribution >= 0.6 is 0 Å². The minimum atomic E-state index is -2.96. The van der Waals surface area contributed by atoms with Crippen LogP contribution in [0.25, 0.3) is 0 Å². The first kappa shape index (κ1) is 9.89. The summed E-state index contributed by atoms with van der Waals surface area (Å²) in [6, 6.07) is 0. The fraction of sp³-hybridized carbons (Fsp3) is 0.571. The summed E-state index contributed by atoms with van der Waals surface area (Å²) in [7, 11) is 0. The molecule has 0 saturated heterocycles. The third kappa shape index (κ3) is 6.78. The first-order valence-corrected chi connectivity index (χ1v) is 3.03. The van der Waals surface area contributed by atoms with Gasteiger partial charge in [-0.3, -0.25) is 4.79 Å². The number of amides is 1. The number of hydrogen-bond acceptors (Lipinski definition) is 1. The summed E-state index contributed by atoms with van der Waals surface area (Å²) in [6.07, 6.45) is 3.98. The van der Waals surface area contributed by atoms with Crippen LogP contribution in [0.15, 0.2) is 0 Å². The molecular formula is C7H9F2NO. The third-order valence-electron chi connectivity index (χ3n) is 0.859. The largest absolute Gasteiger partial charge is 0.345 e. The molecule has 0 heterocycles. The van der Waals surface area contributed by atoms with E-state index in [1.807, 2.05) is 0 Å². The van der Waals surface area contributed by atoms with Crippen LogP contribution in [0.1, 0.15) is 13.3 Å². The second kappa shape index (κ2) is 3.91. The van der Waals surface area contributed by atoms with Gasteiger partial charge in [-0.25, -0.2) is 8.78 Å². The molecule has 0 aromatic carbocycles. The molecule has 1 N–H and O–H groups in total. The van der Waals surface area contributed by atoms with E-state index in [-0.39, 0.29) is 6.54 Å². The molecule has 0 bridgehead atoms. The van der Waals surface area contributed by atoms with Gasteiger partial charge in [0, 0.05) is 0 Å². The highest BCUT2D eigenvalue weighted by atomic mass is 19.3. The molecule has 0 unspecified atom stereocenters. The average Bonchev–Trinajstić information content (AvgIpc) is 1.79. The zero-order chi connectivity index (χ0) is 8.91. The van der Waals surface area contributed by atoms with Crippen LogP contribution in [0, 0.1) is 12.3 Å². The number of halogens is 2. The highest BCUT2D eigenvalue weighted by Crippen LogP contribution is 2.15. The Morgan fingerprint density at radius 1 is 1.73 bits per heavy atom. The van der Waals surface area contributed by atoms with E-state index in [9.17, 15) is 13.6 Å². The molecule has 0 aliphatic heterocycles. The lowest BCUT2D eigenvalue weighted by molar-refractivity contribution is -0.127. The number of rotatable bonds is 3. The van der Waals surface area contributed by atoms with Gasteiger partial charge in [0.1, 0.15) is 0 Å². The minimum Gasteiger partial charge on any atom is -0.345 e. The minimum absolute atomic E-state index is 0.00505. The molecule has 0 saturated carbocycles. The predicted octanol–water partition coefficient (Wildman–Crippen LogP) is 0.781. The van der Waals surface area contributed by atoms with Crippen molar-refractivity contribution in [3.8, 4) is 12.3 Å². The van der Waals surface area contributed by atoms with Gasteiger partial charge in [-0.15, -0.1) is 6.42 Å². The number of hydrogen-bond donors (Lipinski definition) is 1. The van der Waals surface area contributed by atoms with Crippen molar-refractivity contribution in [1.82, 2.24) is 5.32 Å². The zero-order valence-electron chi connectivity index (χ0n) is 6.16. The Morgan fingerprint density at radius 3 is 2.64 bits per heavy atom. The predicted molar refractivity (Wildman–Crippen MR) is 37.1 cm³/mol. The van der Waals surface area contributed by atoms with E-state index in [0.29, 0.717) is 6.92 Å². The van der Waals surface area contributed by atoms with Gasteiger partial charge < -0.3 is 5.32 Å². The summed E-state index contributed by atoms with van der Waals surface area (Å²) in [5.74, 6) is -1.58. The van der Waals surface area contributed by atoms with E-state index < -0.39 is 18.3 Å². The fourth-order valence-electron chi connectivity index (χ4n) is 0.494. The molecule has 0 rings (SSSR count). The van der Waals surface area contributed by atoms with Crippen LogP contribution < -0.4 is 5.32 Å². The van der Waals surface area contributed by atoms with Gasteiger partial charge in [0.2, 0.25) is 5.91 Å². The standard InChI is InChI=1S/C7H9F2NO/c1-3-4-10-6(11)5-7(2,8)9/h1H,4-5H2,2H3,(H,10,11). The van der Waals surface area contributed by atoms with Crippen molar-refractivity contribution in [2.45, 2.75) is 19.3 Å². The molecule has 4 heteroatoms. The zero-order valence-corrected chi connectivity index (χ0v) is 6.16. The Kier molecular flexibility index (Phi) is 3.52. The molecule has 0 aliphatic carbocycles. The fourth-order valence-corrected chi connectivity index (χ4v) is 0.494. The third-order valence-corrected chi connectivity index (χ3v) is 0.859. The summed E-state index contributed by atoms with van der Waals surface area (Å²) >= 11 is 0. The smallest absolute Gasteiger partial charge is 0.254 e. The lowest BCUT2D eigenvalue weighted by Gasteiger charge is -2.08. The Hall–Kier alpha value is -1.11. The molecule has 0 aliphatic rings. The summed E-state index contributed by atoms with van der Waals surface area (Å²) in [5, 5.41) is 2.13. The molecule has 0 fully saturated rings. The Balaban J connectivity index is 3.64. The van der Waals surface area contributed by atoms with Crippen LogP contribution in [0.2, 0.25) is 0 Å². The number of terminal acetylenes is 1. The average molecular weight is 161 g/mol. The van der Waals surface area contributed by atoms with Gasteiger partial charge in [0.15, 0.2) is 0 Å². The number of carbonyl (C=O) groups excluding carboxylic acids is 1. The molecule has 0 radical (unpaired) electrons. The number of alkyl halides is 2. The van der Waals surface area contributed by atoms with Crippen LogP contribution in [-0.2, 0) is 4.79 Å². The maximum atomic E-state index is 12.1. The molecule has 0 spiro atoms. The van der Waals surface area contributed by atoms with Crippen molar-refractivity contribution in [3.05, 3.63) is 0 Å².